The molecular formula is C11H12N2O4S. The van der Waals surface area contributed by atoms with Gasteiger partial charge in [-0.3, -0.25) is 0 Å². The Kier molecular flexibility index (Phi) is 3.93. The first-order valence-corrected chi connectivity index (χ1v) is 6.33. The molecule has 2 heterocycles. The lowest BCUT2D eigenvalue weighted by Crippen LogP contribution is -1.97. The maximum Gasteiger partial charge on any atom is 0.346 e. The Morgan fingerprint density at radius 1 is 1.61 bits per heavy atom. The second kappa shape index (κ2) is 5.63. The van der Waals surface area contributed by atoms with E-state index >= 15 is 0 Å². The number of aromatic carboxylic acids is 1. The van der Waals surface area contributed by atoms with Gasteiger partial charge in [0.1, 0.15) is 10.6 Å². The number of aryl methyl sites for hydroxylation is 1. The van der Waals surface area contributed by atoms with E-state index in [-0.39, 0.29) is 11.5 Å². The number of thiophene rings is 1. The monoisotopic (exact) mass is 268 g/mol. The minimum absolute atomic E-state index is 0.170. The fourth-order valence-corrected chi connectivity index (χ4v) is 1.98. The summed E-state index contributed by atoms with van der Waals surface area (Å²) in [6.07, 6.45) is 1.68. The first kappa shape index (κ1) is 12.6. The zero-order chi connectivity index (χ0) is 13.0. The third-order valence-corrected chi connectivity index (χ3v) is 3.02. The van der Waals surface area contributed by atoms with Crippen LogP contribution >= 0.6 is 11.3 Å². The molecule has 1 N–H and O–H groups in total. The lowest BCUT2D eigenvalue weighted by atomic mass is 10.3. The summed E-state index contributed by atoms with van der Waals surface area (Å²) in [6.45, 7) is 2.20. The van der Waals surface area contributed by atoms with Crippen molar-refractivity contribution in [1.82, 2.24) is 10.1 Å². The van der Waals surface area contributed by atoms with Crippen molar-refractivity contribution in [1.29, 1.82) is 0 Å². The number of hydrogen-bond acceptors (Lipinski definition) is 6. The smallest absolute Gasteiger partial charge is 0.346 e. The Balaban J connectivity index is 1.91. The van der Waals surface area contributed by atoms with Crippen LogP contribution in [-0.2, 0) is 13.0 Å². The molecule has 7 heteroatoms. The molecule has 0 saturated heterocycles. The average molecular weight is 268 g/mol. The highest BCUT2D eigenvalue weighted by atomic mass is 32.1. The average Bonchev–Trinajstić information content (AvgIpc) is 2.95. The van der Waals surface area contributed by atoms with Gasteiger partial charge in [0.15, 0.2) is 6.61 Å². The summed E-state index contributed by atoms with van der Waals surface area (Å²) in [5, 5.41) is 14.2. The van der Waals surface area contributed by atoms with Gasteiger partial charge < -0.3 is 14.4 Å². The molecule has 0 fully saturated rings. The van der Waals surface area contributed by atoms with Crippen molar-refractivity contribution in [3.63, 3.8) is 0 Å². The van der Waals surface area contributed by atoms with Gasteiger partial charge in [-0.05, 0) is 6.42 Å². The van der Waals surface area contributed by atoms with E-state index in [0.29, 0.717) is 17.5 Å². The van der Waals surface area contributed by atoms with Crippen molar-refractivity contribution in [2.45, 2.75) is 26.4 Å². The van der Waals surface area contributed by atoms with Crippen molar-refractivity contribution in [2.75, 3.05) is 0 Å². The Morgan fingerprint density at radius 2 is 2.44 bits per heavy atom. The molecule has 0 aliphatic carbocycles. The van der Waals surface area contributed by atoms with Gasteiger partial charge >= 0.3 is 5.97 Å². The quantitative estimate of drug-likeness (QED) is 0.865. The van der Waals surface area contributed by atoms with Gasteiger partial charge in [0.25, 0.3) is 0 Å². The number of rotatable bonds is 6. The van der Waals surface area contributed by atoms with Crippen molar-refractivity contribution in [3.05, 3.63) is 28.0 Å². The van der Waals surface area contributed by atoms with Crippen LogP contribution in [0.1, 0.15) is 34.7 Å². The lowest BCUT2D eigenvalue weighted by Gasteiger charge is -1.97. The molecule has 0 spiro atoms. The second-order valence-electron chi connectivity index (χ2n) is 3.59. The van der Waals surface area contributed by atoms with Crippen LogP contribution in [0, 0.1) is 0 Å². The lowest BCUT2D eigenvalue weighted by molar-refractivity contribution is 0.0702. The van der Waals surface area contributed by atoms with E-state index in [2.05, 4.69) is 10.1 Å². The van der Waals surface area contributed by atoms with Gasteiger partial charge in [-0.15, -0.1) is 11.3 Å². The van der Waals surface area contributed by atoms with E-state index in [1.807, 2.05) is 6.92 Å². The summed E-state index contributed by atoms with van der Waals surface area (Å²) in [5.74, 6) is 0.591. The van der Waals surface area contributed by atoms with Crippen molar-refractivity contribution >= 4 is 17.3 Å². The molecule has 0 amide bonds. The van der Waals surface area contributed by atoms with E-state index in [1.54, 1.807) is 5.38 Å². The number of carbonyl (C=O) groups is 1. The van der Waals surface area contributed by atoms with Crippen LogP contribution in [-0.4, -0.2) is 21.2 Å². The van der Waals surface area contributed by atoms with Crippen molar-refractivity contribution in [2.24, 2.45) is 0 Å². The summed E-state index contributed by atoms with van der Waals surface area (Å²) >= 11 is 1.12. The fourth-order valence-electron chi connectivity index (χ4n) is 1.32. The maximum atomic E-state index is 10.7. The van der Waals surface area contributed by atoms with Crippen molar-refractivity contribution in [3.8, 4) is 5.75 Å². The summed E-state index contributed by atoms with van der Waals surface area (Å²) in [6, 6.07) is 1.47. The molecule has 0 aromatic carbocycles. The van der Waals surface area contributed by atoms with E-state index in [0.717, 1.165) is 24.2 Å². The van der Waals surface area contributed by atoms with Crippen LogP contribution in [0.15, 0.2) is 16.0 Å². The van der Waals surface area contributed by atoms with Gasteiger partial charge in [0, 0.05) is 17.9 Å². The van der Waals surface area contributed by atoms with Crippen LogP contribution < -0.4 is 4.74 Å². The normalized spacial score (nSPS) is 10.5. The summed E-state index contributed by atoms with van der Waals surface area (Å²) in [5.41, 5.74) is 0. The highest BCUT2D eigenvalue weighted by Gasteiger charge is 2.09. The van der Waals surface area contributed by atoms with E-state index in [4.69, 9.17) is 14.4 Å². The van der Waals surface area contributed by atoms with E-state index in [1.165, 1.54) is 6.07 Å². The summed E-state index contributed by atoms with van der Waals surface area (Å²) < 4.78 is 10.4. The highest BCUT2D eigenvalue weighted by molar-refractivity contribution is 7.12. The van der Waals surface area contributed by atoms with Gasteiger partial charge in [-0.25, -0.2) is 4.79 Å². The Morgan fingerprint density at radius 3 is 3.11 bits per heavy atom. The Bertz CT molecular complexity index is 535. The topological polar surface area (TPSA) is 85.5 Å². The first-order valence-electron chi connectivity index (χ1n) is 5.45. The predicted octanol–water partition coefficient (Wildman–Crippen LogP) is 2.36. The minimum Gasteiger partial charge on any atom is -0.485 e. The first-order chi connectivity index (χ1) is 8.69. The molecule has 96 valence electrons. The summed E-state index contributed by atoms with van der Waals surface area (Å²) in [4.78, 5) is 15.1. The van der Waals surface area contributed by atoms with Gasteiger partial charge in [-0.1, -0.05) is 12.1 Å². The number of hydrogen-bond donors (Lipinski definition) is 1. The molecular weight excluding hydrogens is 256 g/mol. The molecule has 0 aliphatic heterocycles. The number of ether oxygens (including phenoxy) is 1. The number of nitrogens with zero attached hydrogens (tertiary/aromatic N) is 2. The van der Waals surface area contributed by atoms with Gasteiger partial charge in [0.2, 0.25) is 11.7 Å². The van der Waals surface area contributed by atoms with E-state index in [9.17, 15) is 4.79 Å². The zero-order valence-corrected chi connectivity index (χ0v) is 10.6. The highest BCUT2D eigenvalue weighted by Crippen LogP contribution is 2.22. The van der Waals surface area contributed by atoms with E-state index < -0.39 is 5.97 Å². The molecule has 0 unspecified atom stereocenters. The molecule has 18 heavy (non-hydrogen) atoms. The molecule has 0 saturated carbocycles. The van der Waals surface area contributed by atoms with Gasteiger partial charge in [0.05, 0.1) is 0 Å². The SMILES string of the molecule is CCCc1nc(COc2csc(C(=O)O)c2)no1. The maximum absolute atomic E-state index is 10.7. The summed E-state index contributed by atoms with van der Waals surface area (Å²) in [7, 11) is 0. The third kappa shape index (κ3) is 3.07. The third-order valence-electron chi connectivity index (χ3n) is 2.13. The molecule has 6 nitrogen and oxygen atoms in total. The Labute approximate surface area is 107 Å². The number of carboxylic acid groups (broad SMARTS) is 1. The van der Waals surface area contributed by atoms with Crippen LogP contribution in [0.5, 0.6) is 5.75 Å². The molecule has 0 aliphatic rings. The number of carboxylic acids is 1. The molecule has 2 rings (SSSR count). The molecule has 2 aromatic rings. The molecule has 0 atom stereocenters. The number of aromatic nitrogens is 2. The second-order valence-corrected chi connectivity index (χ2v) is 4.51. The van der Waals surface area contributed by atoms with Gasteiger partial charge in [-0.2, -0.15) is 4.98 Å². The zero-order valence-electron chi connectivity index (χ0n) is 9.75. The standard InChI is InChI=1S/C11H12N2O4S/c1-2-3-10-12-9(13-17-10)5-16-7-4-8(11(14)15)18-6-7/h4,6H,2-3,5H2,1H3,(H,14,15). The van der Waals surface area contributed by atoms with Crippen LogP contribution in [0.3, 0.4) is 0 Å². The molecule has 0 radical (unpaired) electrons. The van der Waals surface area contributed by atoms with Crippen LogP contribution in [0.4, 0.5) is 0 Å². The minimum atomic E-state index is -0.959. The Hall–Kier alpha value is -1.89. The predicted molar refractivity (Wildman–Crippen MR) is 63.9 cm³/mol. The molecule has 0 bridgehead atoms. The van der Waals surface area contributed by atoms with Crippen LogP contribution in [0.25, 0.3) is 0 Å². The largest absolute Gasteiger partial charge is 0.485 e. The van der Waals surface area contributed by atoms with Crippen molar-refractivity contribution < 1.29 is 19.2 Å². The fraction of sp³-hybridized carbons (Fsp3) is 0.364. The van der Waals surface area contributed by atoms with Crippen LogP contribution in [0.2, 0.25) is 0 Å². The molecule has 2 aromatic heterocycles.